The molecule has 34 heavy (non-hydrogen) atoms. The number of carbonyl (C=O) groups is 1. The first-order chi connectivity index (χ1) is 16.1. The molecule has 11 nitrogen and oxygen atoms in total. The number of alkyl halides is 1. The summed E-state index contributed by atoms with van der Waals surface area (Å²) >= 11 is 0. The Morgan fingerprint density at radius 2 is 2.06 bits per heavy atom. The SMILES string of the molecule is CC(C)CCON=O.CCOC(=O)c1cn([C@@H]2C[C@@H]2F)c2c(OC)c(F)cc([N+](=O)[O-])c2c1=O. The van der Waals surface area contributed by atoms with E-state index in [-0.39, 0.29) is 18.5 Å². The molecule has 1 aliphatic rings. The van der Waals surface area contributed by atoms with Crippen LogP contribution in [-0.2, 0) is 9.57 Å². The minimum absolute atomic E-state index is 0.0275. The van der Waals surface area contributed by atoms with Crippen LogP contribution in [0, 0.1) is 26.8 Å². The molecule has 186 valence electrons. The first-order valence-electron chi connectivity index (χ1n) is 10.4. The number of esters is 1. The van der Waals surface area contributed by atoms with Crippen LogP contribution in [0.5, 0.6) is 5.75 Å². The molecule has 0 saturated heterocycles. The topological polar surface area (TPSA) is 139 Å². The highest BCUT2D eigenvalue weighted by Gasteiger charge is 2.42. The average Bonchev–Trinajstić information content (AvgIpc) is 3.50. The second kappa shape index (κ2) is 11.5. The number of nitro benzene ring substituents is 1. The molecule has 2 aromatic rings. The lowest BCUT2D eigenvalue weighted by Crippen LogP contribution is -2.22. The first kappa shape index (κ1) is 26.6. The largest absolute Gasteiger partial charge is 0.492 e. The number of hydrogen-bond acceptors (Lipinski definition) is 9. The maximum Gasteiger partial charge on any atom is 0.343 e. The molecule has 0 aliphatic heterocycles. The normalized spacial score (nSPS) is 16.4. The number of nitrogens with zero attached hydrogens (tertiary/aromatic N) is 3. The summed E-state index contributed by atoms with van der Waals surface area (Å²) in [7, 11) is 1.12. The van der Waals surface area contributed by atoms with E-state index in [1.807, 2.05) is 0 Å². The zero-order valence-electron chi connectivity index (χ0n) is 19.1. The van der Waals surface area contributed by atoms with Gasteiger partial charge in [-0.15, -0.1) is 4.91 Å². The van der Waals surface area contributed by atoms with Crippen molar-refractivity contribution >= 4 is 22.6 Å². The molecular formula is C21H25F2N3O8. The average molecular weight is 485 g/mol. The van der Waals surface area contributed by atoms with Crippen LogP contribution in [0.4, 0.5) is 14.5 Å². The third kappa shape index (κ3) is 5.83. The van der Waals surface area contributed by atoms with Gasteiger partial charge in [-0.1, -0.05) is 13.8 Å². The summed E-state index contributed by atoms with van der Waals surface area (Å²) in [5.41, 5.74) is -2.59. The molecule has 0 spiro atoms. The molecule has 1 fully saturated rings. The van der Waals surface area contributed by atoms with Crippen molar-refractivity contribution in [3.63, 3.8) is 0 Å². The van der Waals surface area contributed by atoms with Crippen molar-refractivity contribution in [1.82, 2.24) is 4.57 Å². The molecule has 13 heteroatoms. The summed E-state index contributed by atoms with van der Waals surface area (Å²) in [6, 6.07) is -0.247. The van der Waals surface area contributed by atoms with E-state index in [1.54, 1.807) is 0 Å². The number of fused-ring (bicyclic) bond motifs is 1. The van der Waals surface area contributed by atoms with Crippen LogP contribution in [0.3, 0.4) is 0 Å². The molecule has 1 aromatic carbocycles. The number of rotatable bonds is 9. The van der Waals surface area contributed by atoms with Gasteiger partial charge in [0.05, 0.1) is 30.7 Å². The number of benzene rings is 1. The van der Waals surface area contributed by atoms with Crippen molar-refractivity contribution in [1.29, 1.82) is 0 Å². The third-order valence-electron chi connectivity index (χ3n) is 4.96. The fourth-order valence-electron chi connectivity index (χ4n) is 3.19. The molecule has 1 heterocycles. The maximum absolute atomic E-state index is 14.3. The second-order valence-corrected chi connectivity index (χ2v) is 7.80. The number of aromatic nitrogens is 1. The number of nitro groups is 1. The van der Waals surface area contributed by atoms with E-state index >= 15 is 0 Å². The highest BCUT2D eigenvalue weighted by Crippen LogP contribution is 2.44. The number of halogens is 2. The molecule has 0 radical (unpaired) electrons. The molecule has 1 saturated carbocycles. The zero-order valence-corrected chi connectivity index (χ0v) is 19.1. The number of carbonyl (C=O) groups excluding carboxylic acids is 1. The van der Waals surface area contributed by atoms with Gasteiger partial charge in [-0.05, 0) is 19.3 Å². The fourth-order valence-corrected chi connectivity index (χ4v) is 3.19. The smallest absolute Gasteiger partial charge is 0.343 e. The van der Waals surface area contributed by atoms with E-state index in [0.717, 1.165) is 24.3 Å². The standard InChI is InChI=1S/C16H14F2N2O6.C5H11NO2/c1-3-26-16(22)7-6-19(10-4-8(10)17)13-12(14(7)21)11(20(23)24)5-9(18)15(13)25-2;1-5(2)3-4-8-6-7/h5-6,8,10H,3-4H2,1-2H3;5H,3-4H2,1-2H3/t8-,10+;/m0./s1. The minimum atomic E-state index is -1.29. The van der Waals surface area contributed by atoms with Crippen LogP contribution in [0.15, 0.2) is 22.4 Å². The van der Waals surface area contributed by atoms with Gasteiger partial charge in [-0.3, -0.25) is 14.9 Å². The lowest BCUT2D eigenvalue weighted by Gasteiger charge is -2.15. The summed E-state index contributed by atoms with van der Waals surface area (Å²) in [5.74, 6) is -1.92. The van der Waals surface area contributed by atoms with Crippen LogP contribution in [0.2, 0.25) is 0 Å². The van der Waals surface area contributed by atoms with Crippen molar-refractivity contribution in [3.8, 4) is 5.75 Å². The van der Waals surface area contributed by atoms with Crippen LogP contribution in [-0.4, -0.2) is 42.0 Å². The summed E-state index contributed by atoms with van der Waals surface area (Å²) < 4.78 is 38.9. The Morgan fingerprint density at radius 1 is 1.41 bits per heavy atom. The van der Waals surface area contributed by atoms with Gasteiger partial charge in [0.15, 0.2) is 16.9 Å². The third-order valence-corrected chi connectivity index (χ3v) is 4.96. The predicted molar refractivity (Wildman–Crippen MR) is 117 cm³/mol. The van der Waals surface area contributed by atoms with Gasteiger partial charge in [-0.25, -0.2) is 13.6 Å². The summed E-state index contributed by atoms with van der Waals surface area (Å²) in [6.45, 7) is 6.07. The Labute approximate surface area is 192 Å². The lowest BCUT2D eigenvalue weighted by atomic mass is 10.1. The number of pyridine rings is 1. The van der Waals surface area contributed by atoms with Gasteiger partial charge in [0.1, 0.15) is 29.2 Å². The number of non-ortho nitro benzene ring substituents is 1. The van der Waals surface area contributed by atoms with Crippen LogP contribution >= 0.6 is 0 Å². The Kier molecular flexibility index (Phi) is 8.98. The van der Waals surface area contributed by atoms with Crippen LogP contribution in [0.25, 0.3) is 10.9 Å². The van der Waals surface area contributed by atoms with Crippen molar-refractivity contribution in [2.75, 3.05) is 20.3 Å². The molecule has 0 bridgehead atoms. The molecule has 1 aromatic heterocycles. The molecule has 0 N–H and O–H groups in total. The monoisotopic (exact) mass is 485 g/mol. The summed E-state index contributed by atoms with van der Waals surface area (Å²) in [6.07, 6.45) is 0.709. The minimum Gasteiger partial charge on any atom is -0.492 e. The van der Waals surface area contributed by atoms with Crippen molar-refractivity contribution in [3.05, 3.63) is 48.9 Å². The van der Waals surface area contributed by atoms with E-state index in [2.05, 4.69) is 24.0 Å². The predicted octanol–water partition coefficient (Wildman–Crippen LogP) is 4.25. The maximum atomic E-state index is 14.3. The van der Waals surface area contributed by atoms with E-state index in [4.69, 9.17) is 9.47 Å². The van der Waals surface area contributed by atoms with Gasteiger partial charge in [0.25, 0.3) is 5.69 Å². The molecule has 0 amide bonds. The van der Waals surface area contributed by atoms with Gasteiger partial charge in [0.2, 0.25) is 5.43 Å². The Hall–Kier alpha value is -3.64. The fraction of sp³-hybridized carbons (Fsp3) is 0.524. The van der Waals surface area contributed by atoms with Crippen LogP contribution in [0.1, 0.15) is 50.0 Å². The van der Waals surface area contributed by atoms with E-state index in [9.17, 15) is 33.4 Å². The summed E-state index contributed by atoms with van der Waals surface area (Å²) in [5, 5.41) is 13.1. The van der Waals surface area contributed by atoms with Gasteiger partial charge >= 0.3 is 5.97 Å². The van der Waals surface area contributed by atoms with E-state index < -0.39 is 56.7 Å². The molecule has 2 atom stereocenters. The molecule has 1 aliphatic carbocycles. The van der Waals surface area contributed by atoms with Gasteiger partial charge < -0.3 is 18.9 Å². The molecule has 3 rings (SSSR count). The van der Waals surface area contributed by atoms with Crippen LogP contribution < -0.4 is 10.2 Å². The highest BCUT2D eigenvalue weighted by molar-refractivity contribution is 5.99. The number of methoxy groups -OCH3 is 1. The van der Waals surface area contributed by atoms with Crippen molar-refractivity contribution in [2.45, 2.75) is 45.8 Å². The quantitative estimate of drug-likeness (QED) is 0.169. The first-order valence-corrected chi connectivity index (χ1v) is 10.4. The molecule has 0 unspecified atom stereocenters. The van der Waals surface area contributed by atoms with E-state index in [0.29, 0.717) is 18.6 Å². The Morgan fingerprint density at radius 3 is 2.53 bits per heavy atom. The zero-order chi connectivity index (χ0) is 25.6. The van der Waals surface area contributed by atoms with Gasteiger partial charge in [-0.2, -0.15) is 0 Å². The Balaban J connectivity index is 0.000000440. The number of ether oxygens (including phenoxy) is 2. The summed E-state index contributed by atoms with van der Waals surface area (Å²) in [4.78, 5) is 48.8. The second-order valence-electron chi connectivity index (χ2n) is 7.80. The Bertz CT molecular complexity index is 1140. The number of hydrogen-bond donors (Lipinski definition) is 0. The van der Waals surface area contributed by atoms with E-state index in [1.165, 1.54) is 6.92 Å². The van der Waals surface area contributed by atoms with Gasteiger partial charge in [0, 0.05) is 12.6 Å². The van der Waals surface area contributed by atoms with Crippen molar-refractivity contribution in [2.24, 2.45) is 11.3 Å². The lowest BCUT2D eigenvalue weighted by molar-refractivity contribution is -0.383. The molecular weight excluding hydrogens is 460 g/mol. The van der Waals surface area contributed by atoms with Crippen molar-refractivity contribution < 1.29 is 32.8 Å². The highest BCUT2D eigenvalue weighted by atomic mass is 19.1.